The molecule has 5 nitrogen and oxygen atoms in total. The molecular weight excluding hydrogens is 204 g/mol. The summed E-state index contributed by atoms with van der Waals surface area (Å²) in [5.74, 6) is 0.100. The summed E-state index contributed by atoms with van der Waals surface area (Å²) in [6, 6.07) is -0.0191. The number of nitrogens with one attached hydrogen (secondary N) is 3. The molecule has 2 rings (SSSR count). The van der Waals surface area contributed by atoms with Gasteiger partial charge in [-0.05, 0) is 19.4 Å². The highest BCUT2D eigenvalue weighted by Crippen LogP contribution is 2.08. The fourth-order valence-electron chi connectivity index (χ4n) is 1.94. The highest BCUT2D eigenvalue weighted by molar-refractivity contribution is 5.81. The fourth-order valence-corrected chi connectivity index (χ4v) is 1.94. The highest BCUT2D eigenvalue weighted by atomic mass is 16.2. The number of carbonyl (C=O) groups excluding carboxylic acids is 1. The van der Waals surface area contributed by atoms with Crippen molar-refractivity contribution in [2.24, 2.45) is 0 Å². The summed E-state index contributed by atoms with van der Waals surface area (Å²) in [7, 11) is 0. The second-order valence-electron chi connectivity index (χ2n) is 4.18. The third-order valence-electron chi connectivity index (χ3n) is 2.90. The van der Waals surface area contributed by atoms with E-state index in [9.17, 15) is 4.79 Å². The van der Waals surface area contributed by atoms with Crippen molar-refractivity contribution in [3.05, 3.63) is 18.0 Å². The molecular formula is C11H18N4O. The minimum atomic E-state index is -0.0191. The summed E-state index contributed by atoms with van der Waals surface area (Å²) < 4.78 is 0. The van der Waals surface area contributed by atoms with Crippen molar-refractivity contribution in [3.63, 3.8) is 0 Å². The average Bonchev–Trinajstić information content (AvgIpc) is 2.66. The Kier molecular flexibility index (Phi) is 3.93. The molecule has 88 valence electrons. The number of amides is 1. The molecule has 16 heavy (non-hydrogen) atoms. The van der Waals surface area contributed by atoms with Crippen LogP contribution in [0.3, 0.4) is 0 Å². The smallest absolute Gasteiger partial charge is 0.237 e. The van der Waals surface area contributed by atoms with E-state index >= 15 is 0 Å². The number of hydrogen-bond acceptors (Lipinski definition) is 3. The van der Waals surface area contributed by atoms with Crippen LogP contribution in [0.2, 0.25) is 0 Å². The molecule has 1 fully saturated rings. The third-order valence-corrected chi connectivity index (χ3v) is 2.90. The Labute approximate surface area is 95.0 Å². The lowest BCUT2D eigenvalue weighted by Gasteiger charge is -2.14. The van der Waals surface area contributed by atoms with Gasteiger partial charge in [-0.3, -0.25) is 9.89 Å². The van der Waals surface area contributed by atoms with E-state index in [1.807, 2.05) is 0 Å². The lowest BCUT2D eigenvalue weighted by Crippen LogP contribution is -2.43. The Morgan fingerprint density at radius 3 is 3.25 bits per heavy atom. The van der Waals surface area contributed by atoms with Gasteiger partial charge < -0.3 is 10.6 Å². The Hall–Kier alpha value is -1.36. The predicted molar refractivity (Wildman–Crippen MR) is 60.7 cm³/mol. The molecule has 0 aliphatic carbocycles. The summed E-state index contributed by atoms with van der Waals surface area (Å²) in [5, 5.41) is 12.8. The minimum Gasteiger partial charge on any atom is -0.351 e. The SMILES string of the molecule is O=C(NCc1cn[nH]c1)C1CCCCCN1. The van der Waals surface area contributed by atoms with E-state index in [2.05, 4.69) is 20.8 Å². The van der Waals surface area contributed by atoms with E-state index in [1.165, 1.54) is 12.8 Å². The van der Waals surface area contributed by atoms with E-state index in [4.69, 9.17) is 0 Å². The predicted octanol–water partition coefficient (Wildman–Crippen LogP) is 0.558. The van der Waals surface area contributed by atoms with Gasteiger partial charge in [-0.15, -0.1) is 0 Å². The first-order valence-corrected chi connectivity index (χ1v) is 5.85. The molecule has 1 aliphatic heterocycles. The summed E-state index contributed by atoms with van der Waals surface area (Å²) in [4.78, 5) is 11.8. The Morgan fingerprint density at radius 1 is 1.50 bits per heavy atom. The fraction of sp³-hybridized carbons (Fsp3) is 0.636. The van der Waals surface area contributed by atoms with Crippen LogP contribution >= 0.6 is 0 Å². The lowest BCUT2D eigenvalue weighted by molar-refractivity contribution is -0.123. The van der Waals surface area contributed by atoms with E-state index in [1.54, 1.807) is 12.4 Å². The molecule has 1 unspecified atom stereocenters. The first kappa shape index (κ1) is 11.1. The summed E-state index contributed by atoms with van der Waals surface area (Å²) >= 11 is 0. The molecule has 1 aromatic rings. The van der Waals surface area contributed by atoms with Gasteiger partial charge in [0.15, 0.2) is 0 Å². The molecule has 0 saturated carbocycles. The van der Waals surface area contributed by atoms with Crippen LogP contribution in [0.5, 0.6) is 0 Å². The molecule has 0 spiro atoms. The van der Waals surface area contributed by atoms with E-state index in [-0.39, 0.29) is 11.9 Å². The van der Waals surface area contributed by atoms with Crippen LogP contribution in [0, 0.1) is 0 Å². The van der Waals surface area contributed by atoms with Crippen LogP contribution in [-0.2, 0) is 11.3 Å². The monoisotopic (exact) mass is 222 g/mol. The van der Waals surface area contributed by atoms with Gasteiger partial charge in [0.05, 0.1) is 12.2 Å². The number of aromatic amines is 1. The summed E-state index contributed by atoms with van der Waals surface area (Å²) in [5.41, 5.74) is 1.00. The van der Waals surface area contributed by atoms with Crippen LogP contribution in [0.25, 0.3) is 0 Å². The zero-order valence-corrected chi connectivity index (χ0v) is 9.33. The zero-order valence-electron chi connectivity index (χ0n) is 9.33. The van der Waals surface area contributed by atoms with Crippen LogP contribution in [0.1, 0.15) is 31.2 Å². The molecule has 1 amide bonds. The van der Waals surface area contributed by atoms with Gasteiger partial charge in [0.1, 0.15) is 0 Å². The molecule has 1 aliphatic rings. The van der Waals surface area contributed by atoms with Gasteiger partial charge in [-0.2, -0.15) is 5.10 Å². The van der Waals surface area contributed by atoms with Gasteiger partial charge in [0.25, 0.3) is 0 Å². The Bertz CT molecular complexity index is 315. The topological polar surface area (TPSA) is 69.8 Å². The largest absolute Gasteiger partial charge is 0.351 e. The quantitative estimate of drug-likeness (QED) is 0.700. The number of carbonyl (C=O) groups is 1. The maximum Gasteiger partial charge on any atom is 0.237 e. The molecule has 1 saturated heterocycles. The van der Waals surface area contributed by atoms with Crippen molar-refractivity contribution in [2.75, 3.05) is 6.54 Å². The second-order valence-corrected chi connectivity index (χ2v) is 4.18. The van der Waals surface area contributed by atoms with Crippen molar-refractivity contribution in [3.8, 4) is 0 Å². The maximum atomic E-state index is 11.8. The molecule has 0 aromatic carbocycles. The number of H-pyrrole nitrogens is 1. The molecule has 1 atom stereocenters. The van der Waals surface area contributed by atoms with E-state index < -0.39 is 0 Å². The second kappa shape index (κ2) is 5.65. The van der Waals surface area contributed by atoms with Crippen LogP contribution in [0.4, 0.5) is 0 Å². The van der Waals surface area contributed by atoms with Crippen molar-refractivity contribution < 1.29 is 4.79 Å². The lowest BCUT2D eigenvalue weighted by atomic mass is 10.1. The maximum absolute atomic E-state index is 11.8. The van der Waals surface area contributed by atoms with E-state index in [0.717, 1.165) is 24.9 Å². The molecule has 0 radical (unpaired) electrons. The van der Waals surface area contributed by atoms with Gasteiger partial charge in [0, 0.05) is 18.3 Å². The zero-order chi connectivity index (χ0) is 11.2. The third kappa shape index (κ3) is 3.06. The number of rotatable bonds is 3. The van der Waals surface area contributed by atoms with Crippen molar-refractivity contribution in [1.82, 2.24) is 20.8 Å². The molecule has 2 heterocycles. The minimum absolute atomic E-state index is 0.0191. The Balaban J connectivity index is 1.78. The number of aromatic nitrogens is 2. The van der Waals surface area contributed by atoms with Gasteiger partial charge >= 0.3 is 0 Å². The summed E-state index contributed by atoms with van der Waals surface area (Å²) in [6.07, 6.45) is 7.99. The van der Waals surface area contributed by atoms with Crippen molar-refractivity contribution >= 4 is 5.91 Å². The average molecular weight is 222 g/mol. The Morgan fingerprint density at radius 2 is 2.44 bits per heavy atom. The number of hydrogen-bond donors (Lipinski definition) is 3. The van der Waals surface area contributed by atoms with Gasteiger partial charge in [0.2, 0.25) is 5.91 Å². The summed E-state index contributed by atoms with van der Waals surface area (Å²) in [6.45, 7) is 1.50. The van der Waals surface area contributed by atoms with Crippen LogP contribution in [-0.4, -0.2) is 28.7 Å². The van der Waals surface area contributed by atoms with Crippen LogP contribution in [0.15, 0.2) is 12.4 Å². The van der Waals surface area contributed by atoms with Crippen LogP contribution < -0.4 is 10.6 Å². The highest BCUT2D eigenvalue weighted by Gasteiger charge is 2.18. The van der Waals surface area contributed by atoms with Crippen molar-refractivity contribution in [1.29, 1.82) is 0 Å². The molecule has 1 aromatic heterocycles. The first-order valence-electron chi connectivity index (χ1n) is 5.85. The van der Waals surface area contributed by atoms with Crippen molar-refractivity contribution in [2.45, 2.75) is 38.3 Å². The number of nitrogens with zero attached hydrogens (tertiary/aromatic N) is 1. The molecule has 0 bridgehead atoms. The van der Waals surface area contributed by atoms with Gasteiger partial charge in [-0.25, -0.2) is 0 Å². The normalized spacial score (nSPS) is 21.4. The standard InChI is InChI=1S/C11H18N4O/c16-11(10-4-2-1-3-5-12-10)13-6-9-7-14-15-8-9/h7-8,10,12H,1-6H2,(H,13,16)(H,14,15). The molecule has 5 heteroatoms. The first-order chi connectivity index (χ1) is 7.86. The molecule has 3 N–H and O–H groups in total. The van der Waals surface area contributed by atoms with Gasteiger partial charge in [-0.1, -0.05) is 12.8 Å². The van der Waals surface area contributed by atoms with E-state index in [0.29, 0.717) is 6.54 Å².